The highest BCUT2D eigenvalue weighted by molar-refractivity contribution is 5.10. The van der Waals surface area contributed by atoms with E-state index in [1.807, 2.05) is 0 Å². The van der Waals surface area contributed by atoms with E-state index in [0.29, 0.717) is 5.92 Å². The number of fused-ring (bicyclic) bond motifs is 1. The monoisotopic (exact) mass is 132 g/mol. The number of rotatable bonds is 0. The fraction of sp³-hybridized carbons (Fsp3) is 1.00. The molecule has 52 valence electrons. The Labute approximate surface area is 53.2 Å². The molecule has 2 aliphatic rings. The normalized spacial score (nSPS) is 53.0. The molecular formula is C7H10F2. The minimum atomic E-state index is -2.26. The standard InChI is InChI=1S/C7H10F2/c1-4-2-5-6(3-4)7(5,8)9/h4-6H,2-3H2,1H3/t4-,5-,6+. The van der Waals surface area contributed by atoms with E-state index in [9.17, 15) is 8.78 Å². The first kappa shape index (κ1) is 5.63. The van der Waals surface area contributed by atoms with E-state index >= 15 is 0 Å². The molecule has 0 N–H and O–H groups in total. The molecule has 2 aliphatic carbocycles. The summed E-state index contributed by atoms with van der Waals surface area (Å²) in [5, 5.41) is 0. The average molecular weight is 132 g/mol. The van der Waals surface area contributed by atoms with Gasteiger partial charge in [0.15, 0.2) is 0 Å². The summed E-state index contributed by atoms with van der Waals surface area (Å²) in [5.74, 6) is -2.16. The Morgan fingerprint density at radius 2 is 1.67 bits per heavy atom. The van der Waals surface area contributed by atoms with Crippen LogP contribution < -0.4 is 0 Å². The lowest BCUT2D eigenvalue weighted by molar-refractivity contribution is 0.0654. The van der Waals surface area contributed by atoms with Gasteiger partial charge in [-0.25, -0.2) is 8.78 Å². The molecule has 2 heteroatoms. The fourth-order valence-electron chi connectivity index (χ4n) is 2.07. The van der Waals surface area contributed by atoms with Crippen LogP contribution in [0.3, 0.4) is 0 Å². The van der Waals surface area contributed by atoms with Crippen LogP contribution in [0.2, 0.25) is 0 Å². The van der Waals surface area contributed by atoms with Gasteiger partial charge >= 0.3 is 0 Å². The molecule has 2 fully saturated rings. The topological polar surface area (TPSA) is 0 Å². The Morgan fingerprint density at radius 3 is 2.00 bits per heavy atom. The third-order valence-electron chi connectivity index (χ3n) is 2.68. The maximum absolute atomic E-state index is 12.4. The molecule has 0 bridgehead atoms. The van der Waals surface area contributed by atoms with Gasteiger partial charge in [-0.05, 0) is 18.8 Å². The van der Waals surface area contributed by atoms with E-state index < -0.39 is 5.92 Å². The van der Waals surface area contributed by atoms with Gasteiger partial charge in [0, 0.05) is 11.8 Å². The van der Waals surface area contributed by atoms with Crippen molar-refractivity contribution in [1.29, 1.82) is 0 Å². The second-order valence-corrected chi connectivity index (χ2v) is 3.46. The molecule has 0 heterocycles. The van der Waals surface area contributed by atoms with Crippen LogP contribution in [0, 0.1) is 17.8 Å². The van der Waals surface area contributed by atoms with Crippen LogP contribution in [0.1, 0.15) is 19.8 Å². The highest BCUT2D eigenvalue weighted by Gasteiger charge is 2.70. The molecule has 0 aromatic rings. The van der Waals surface area contributed by atoms with E-state index in [0.717, 1.165) is 12.8 Å². The molecule has 0 nitrogen and oxygen atoms in total. The van der Waals surface area contributed by atoms with Crippen molar-refractivity contribution in [3.63, 3.8) is 0 Å². The minimum Gasteiger partial charge on any atom is -0.206 e. The Kier molecular flexibility index (Phi) is 0.814. The quantitative estimate of drug-likeness (QED) is 0.474. The van der Waals surface area contributed by atoms with Crippen LogP contribution in [0.5, 0.6) is 0 Å². The van der Waals surface area contributed by atoms with Crippen LogP contribution in [0.4, 0.5) is 8.78 Å². The lowest BCUT2D eigenvalue weighted by Gasteiger charge is -2.05. The van der Waals surface area contributed by atoms with Gasteiger partial charge in [0.2, 0.25) is 0 Å². The summed E-state index contributed by atoms with van der Waals surface area (Å²) >= 11 is 0. The van der Waals surface area contributed by atoms with Gasteiger partial charge < -0.3 is 0 Å². The Bertz CT molecular complexity index is 128. The van der Waals surface area contributed by atoms with Crippen LogP contribution in [0.25, 0.3) is 0 Å². The molecule has 0 aliphatic heterocycles. The molecule has 9 heavy (non-hydrogen) atoms. The van der Waals surface area contributed by atoms with Crippen molar-refractivity contribution in [3.8, 4) is 0 Å². The second kappa shape index (κ2) is 1.30. The predicted molar refractivity (Wildman–Crippen MR) is 30.3 cm³/mol. The van der Waals surface area contributed by atoms with Crippen LogP contribution in [-0.4, -0.2) is 5.92 Å². The summed E-state index contributed by atoms with van der Waals surface area (Å²) in [6, 6.07) is 0. The van der Waals surface area contributed by atoms with Gasteiger partial charge in [0.1, 0.15) is 0 Å². The molecule has 0 aromatic heterocycles. The summed E-state index contributed by atoms with van der Waals surface area (Å²) in [4.78, 5) is 0. The van der Waals surface area contributed by atoms with Gasteiger partial charge in [-0.3, -0.25) is 0 Å². The summed E-state index contributed by atoms with van der Waals surface area (Å²) in [5.41, 5.74) is 0. The molecule has 0 unspecified atom stereocenters. The zero-order valence-corrected chi connectivity index (χ0v) is 5.40. The Balaban J connectivity index is 2.06. The van der Waals surface area contributed by atoms with Crippen molar-refractivity contribution < 1.29 is 8.78 Å². The molecule has 0 saturated heterocycles. The van der Waals surface area contributed by atoms with Crippen molar-refractivity contribution in [3.05, 3.63) is 0 Å². The number of halogens is 2. The van der Waals surface area contributed by atoms with Gasteiger partial charge in [0.05, 0.1) is 0 Å². The van der Waals surface area contributed by atoms with E-state index in [4.69, 9.17) is 0 Å². The predicted octanol–water partition coefficient (Wildman–Crippen LogP) is 2.30. The van der Waals surface area contributed by atoms with Crippen molar-refractivity contribution in [1.82, 2.24) is 0 Å². The molecule has 0 amide bonds. The van der Waals surface area contributed by atoms with Crippen molar-refractivity contribution in [2.75, 3.05) is 0 Å². The van der Waals surface area contributed by atoms with Gasteiger partial charge in [-0.1, -0.05) is 6.92 Å². The van der Waals surface area contributed by atoms with Crippen LogP contribution in [-0.2, 0) is 0 Å². The zero-order valence-electron chi connectivity index (χ0n) is 5.40. The lowest BCUT2D eigenvalue weighted by Crippen LogP contribution is -2.04. The molecular weight excluding hydrogens is 122 g/mol. The van der Waals surface area contributed by atoms with Crippen LogP contribution >= 0.6 is 0 Å². The highest BCUT2D eigenvalue weighted by atomic mass is 19.3. The first-order valence-corrected chi connectivity index (χ1v) is 3.50. The lowest BCUT2D eigenvalue weighted by atomic mass is 10.1. The SMILES string of the molecule is C[C@@H]1C[C@@H]2[C@H](C1)C2(F)F. The summed E-state index contributed by atoms with van der Waals surface area (Å²) in [6.07, 6.45) is 1.52. The van der Waals surface area contributed by atoms with Gasteiger partial charge in [-0.2, -0.15) is 0 Å². The molecule has 0 aromatic carbocycles. The molecule has 0 radical (unpaired) electrons. The third kappa shape index (κ3) is 0.565. The fourth-order valence-corrected chi connectivity index (χ4v) is 2.07. The van der Waals surface area contributed by atoms with E-state index in [1.165, 1.54) is 0 Å². The largest absolute Gasteiger partial charge is 0.254 e. The molecule has 3 atom stereocenters. The zero-order chi connectivity index (χ0) is 6.65. The Hall–Kier alpha value is -0.140. The average Bonchev–Trinajstić information content (AvgIpc) is 2.27. The maximum Gasteiger partial charge on any atom is 0.254 e. The van der Waals surface area contributed by atoms with E-state index in [1.54, 1.807) is 0 Å². The molecule has 2 rings (SSSR count). The highest BCUT2D eigenvalue weighted by Crippen LogP contribution is 2.65. The number of hydrogen-bond acceptors (Lipinski definition) is 0. The van der Waals surface area contributed by atoms with Gasteiger partial charge in [-0.15, -0.1) is 0 Å². The number of hydrogen-bond donors (Lipinski definition) is 0. The minimum absolute atomic E-state index is 0.229. The van der Waals surface area contributed by atoms with E-state index in [2.05, 4.69) is 6.92 Å². The van der Waals surface area contributed by atoms with E-state index in [-0.39, 0.29) is 11.8 Å². The third-order valence-corrected chi connectivity index (χ3v) is 2.68. The van der Waals surface area contributed by atoms with Gasteiger partial charge in [0.25, 0.3) is 5.92 Å². The smallest absolute Gasteiger partial charge is 0.206 e. The summed E-state index contributed by atoms with van der Waals surface area (Å²) < 4.78 is 24.8. The van der Waals surface area contributed by atoms with Crippen molar-refractivity contribution in [2.45, 2.75) is 25.7 Å². The first-order valence-electron chi connectivity index (χ1n) is 3.50. The maximum atomic E-state index is 12.4. The second-order valence-electron chi connectivity index (χ2n) is 3.46. The summed E-state index contributed by atoms with van der Waals surface area (Å²) in [7, 11) is 0. The first-order chi connectivity index (χ1) is 4.12. The molecule has 2 saturated carbocycles. The number of alkyl halides is 2. The Morgan fingerprint density at radius 1 is 1.22 bits per heavy atom. The molecule has 0 spiro atoms. The van der Waals surface area contributed by atoms with Crippen LogP contribution in [0.15, 0.2) is 0 Å². The van der Waals surface area contributed by atoms with Crippen molar-refractivity contribution >= 4 is 0 Å². The van der Waals surface area contributed by atoms with Crippen molar-refractivity contribution in [2.24, 2.45) is 17.8 Å². The summed E-state index contributed by atoms with van der Waals surface area (Å²) in [6.45, 7) is 2.06.